The summed E-state index contributed by atoms with van der Waals surface area (Å²) < 4.78 is 22.7. The zero-order valence-corrected chi connectivity index (χ0v) is 11.8. The predicted octanol–water partition coefficient (Wildman–Crippen LogP) is 1.87. The van der Waals surface area contributed by atoms with Crippen molar-refractivity contribution in [3.63, 3.8) is 0 Å². The Labute approximate surface area is 114 Å². The molecule has 1 aliphatic rings. The van der Waals surface area contributed by atoms with Crippen LogP contribution in [0.2, 0.25) is 0 Å². The van der Waals surface area contributed by atoms with Crippen molar-refractivity contribution in [3.05, 3.63) is 29.8 Å². The van der Waals surface area contributed by atoms with E-state index in [-0.39, 0.29) is 12.0 Å². The van der Waals surface area contributed by atoms with Gasteiger partial charge in [-0.25, -0.2) is 8.42 Å². The lowest BCUT2D eigenvalue weighted by Gasteiger charge is -2.15. The molecule has 5 heteroatoms. The largest absolute Gasteiger partial charge is 0.309 e. The molecule has 2 atom stereocenters. The van der Waals surface area contributed by atoms with Crippen LogP contribution in [0.3, 0.4) is 0 Å². The molecule has 0 aliphatic heterocycles. The summed E-state index contributed by atoms with van der Waals surface area (Å²) in [5, 5.41) is 12.4. The first-order chi connectivity index (χ1) is 9.00. The maximum absolute atomic E-state index is 11.3. The fourth-order valence-electron chi connectivity index (χ4n) is 2.46. The Morgan fingerprint density at radius 2 is 2.00 bits per heavy atom. The van der Waals surface area contributed by atoms with Gasteiger partial charge in [0.1, 0.15) is 0 Å². The van der Waals surface area contributed by atoms with Crippen LogP contribution in [0.15, 0.2) is 29.2 Å². The Morgan fingerprint density at radius 3 is 2.58 bits per heavy atom. The molecule has 0 radical (unpaired) electrons. The van der Waals surface area contributed by atoms with Crippen LogP contribution in [0.5, 0.6) is 0 Å². The maximum Gasteiger partial charge on any atom is 0.175 e. The van der Waals surface area contributed by atoms with Gasteiger partial charge >= 0.3 is 0 Å². The topological polar surface area (TPSA) is 70.0 Å². The van der Waals surface area contributed by atoms with E-state index >= 15 is 0 Å². The summed E-state index contributed by atoms with van der Waals surface area (Å²) in [6.45, 7) is 0.674. The Bertz CT molecular complexity index is 572. The summed E-state index contributed by atoms with van der Waals surface area (Å²) in [5.74, 6) is 0.107. The fraction of sp³-hybridized carbons (Fsp3) is 0.500. The van der Waals surface area contributed by atoms with E-state index in [1.165, 1.54) is 6.26 Å². The lowest BCUT2D eigenvalue weighted by Crippen LogP contribution is -2.31. The van der Waals surface area contributed by atoms with E-state index in [0.717, 1.165) is 24.8 Å². The second-order valence-corrected chi connectivity index (χ2v) is 7.09. The van der Waals surface area contributed by atoms with E-state index in [4.69, 9.17) is 5.26 Å². The van der Waals surface area contributed by atoms with Gasteiger partial charge in [0.2, 0.25) is 0 Å². The second-order valence-electron chi connectivity index (χ2n) is 5.07. The van der Waals surface area contributed by atoms with Gasteiger partial charge in [-0.3, -0.25) is 0 Å². The molecule has 1 aliphatic carbocycles. The first kappa shape index (κ1) is 14.0. The number of hydrogen-bond acceptors (Lipinski definition) is 4. The molecule has 4 nitrogen and oxygen atoms in total. The molecule has 0 heterocycles. The highest BCUT2D eigenvalue weighted by Gasteiger charge is 2.26. The zero-order chi connectivity index (χ0) is 13.9. The normalized spacial score (nSPS) is 23.2. The molecule has 0 amide bonds. The number of nitrogens with one attached hydrogen (secondary N) is 1. The molecule has 1 saturated carbocycles. The molecule has 0 saturated heterocycles. The Hall–Kier alpha value is -1.38. The number of sulfone groups is 1. The summed E-state index contributed by atoms with van der Waals surface area (Å²) in [5.41, 5.74) is 1.04. The van der Waals surface area contributed by atoms with Crippen molar-refractivity contribution in [1.29, 1.82) is 5.26 Å². The van der Waals surface area contributed by atoms with Crippen molar-refractivity contribution in [2.24, 2.45) is 5.92 Å². The van der Waals surface area contributed by atoms with Gasteiger partial charge in [-0.1, -0.05) is 18.6 Å². The maximum atomic E-state index is 11.3. The van der Waals surface area contributed by atoms with Crippen LogP contribution >= 0.6 is 0 Å². The second kappa shape index (κ2) is 5.72. The smallest absolute Gasteiger partial charge is 0.175 e. The molecule has 0 spiro atoms. The molecule has 19 heavy (non-hydrogen) atoms. The third-order valence-corrected chi connectivity index (χ3v) is 4.73. The highest BCUT2D eigenvalue weighted by Crippen LogP contribution is 2.25. The molecule has 0 aromatic heterocycles. The summed E-state index contributed by atoms with van der Waals surface area (Å²) in [4.78, 5) is 0.340. The van der Waals surface area contributed by atoms with Crippen molar-refractivity contribution in [3.8, 4) is 6.07 Å². The highest BCUT2D eigenvalue weighted by molar-refractivity contribution is 7.90. The lowest BCUT2D eigenvalue weighted by molar-refractivity contribution is 0.464. The van der Waals surface area contributed by atoms with Crippen LogP contribution in [-0.2, 0) is 16.4 Å². The Morgan fingerprint density at radius 1 is 1.32 bits per heavy atom. The quantitative estimate of drug-likeness (QED) is 0.913. The average Bonchev–Trinajstić information content (AvgIpc) is 2.83. The summed E-state index contributed by atoms with van der Waals surface area (Å²) >= 11 is 0. The van der Waals surface area contributed by atoms with Crippen molar-refractivity contribution in [2.75, 3.05) is 6.26 Å². The third kappa shape index (κ3) is 3.55. The van der Waals surface area contributed by atoms with Gasteiger partial charge in [0.25, 0.3) is 0 Å². The van der Waals surface area contributed by atoms with Crippen molar-refractivity contribution in [1.82, 2.24) is 5.32 Å². The van der Waals surface area contributed by atoms with Crippen LogP contribution in [0.25, 0.3) is 0 Å². The number of benzene rings is 1. The van der Waals surface area contributed by atoms with E-state index in [1.54, 1.807) is 12.1 Å². The molecule has 1 fully saturated rings. The minimum atomic E-state index is -3.13. The zero-order valence-electron chi connectivity index (χ0n) is 11.0. The van der Waals surface area contributed by atoms with Gasteiger partial charge in [-0.05, 0) is 30.5 Å². The molecule has 102 valence electrons. The van der Waals surface area contributed by atoms with Crippen LogP contribution in [-0.4, -0.2) is 20.7 Å². The molecule has 0 bridgehead atoms. The first-order valence-electron chi connectivity index (χ1n) is 6.42. The minimum absolute atomic E-state index is 0.107. The van der Waals surface area contributed by atoms with Crippen molar-refractivity contribution >= 4 is 9.84 Å². The molecular formula is C14H18N2O2S. The first-order valence-corrected chi connectivity index (χ1v) is 8.32. The van der Waals surface area contributed by atoms with Gasteiger partial charge in [0.05, 0.1) is 16.9 Å². The van der Waals surface area contributed by atoms with Crippen LogP contribution < -0.4 is 5.32 Å². The molecule has 1 aromatic carbocycles. The fourth-order valence-corrected chi connectivity index (χ4v) is 3.09. The van der Waals surface area contributed by atoms with E-state index in [2.05, 4.69) is 11.4 Å². The highest BCUT2D eigenvalue weighted by atomic mass is 32.2. The number of hydrogen-bond donors (Lipinski definition) is 1. The third-order valence-electron chi connectivity index (χ3n) is 3.60. The molecule has 1 aromatic rings. The standard InChI is InChI=1S/C14H18N2O2S/c1-19(17,18)13-7-5-11(6-8-13)10-16-14-4-2-3-12(14)9-15/h5-8,12,14,16H,2-4,10H2,1H3. The lowest BCUT2D eigenvalue weighted by atomic mass is 10.1. The molecule has 2 rings (SSSR count). The summed E-state index contributed by atoms with van der Waals surface area (Å²) in [7, 11) is -3.13. The predicted molar refractivity (Wildman–Crippen MR) is 73.1 cm³/mol. The molecular weight excluding hydrogens is 260 g/mol. The van der Waals surface area contributed by atoms with Gasteiger partial charge in [-0.15, -0.1) is 0 Å². The van der Waals surface area contributed by atoms with Gasteiger partial charge in [0, 0.05) is 18.8 Å². The van der Waals surface area contributed by atoms with Crippen LogP contribution in [0, 0.1) is 17.2 Å². The van der Waals surface area contributed by atoms with Gasteiger partial charge in [0.15, 0.2) is 9.84 Å². The van der Waals surface area contributed by atoms with E-state index in [1.807, 2.05) is 12.1 Å². The monoisotopic (exact) mass is 278 g/mol. The minimum Gasteiger partial charge on any atom is -0.309 e. The van der Waals surface area contributed by atoms with Gasteiger partial charge < -0.3 is 5.32 Å². The summed E-state index contributed by atoms with van der Waals surface area (Å²) in [6, 6.07) is 9.49. The average molecular weight is 278 g/mol. The van der Waals surface area contributed by atoms with Crippen LogP contribution in [0.4, 0.5) is 0 Å². The van der Waals surface area contributed by atoms with Crippen molar-refractivity contribution < 1.29 is 8.42 Å². The summed E-state index contributed by atoms with van der Waals surface area (Å²) in [6.07, 6.45) is 4.32. The number of rotatable bonds is 4. The van der Waals surface area contributed by atoms with E-state index in [9.17, 15) is 8.42 Å². The molecule has 2 unspecified atom stereocenters. The number of nitrogens with zero attached hydrogens (tertiary/aromatic N) is 1. The van der Waals surface area contributed by atoms with Crippen LogP contribution in [0.1, 0.15) is 24.8 Å². The Balaban J connectivity index is 1.96. The SMILES string of the molecule is CS(=O)(=O)c1ccc(CNC2CCCC2C#N)cc1. The van der Waals surface area contributed by atoms with E-state index in [0.29, 0.717) is 11.4 Å². The van der Waals surface area contributed by atoms with Crippen molar-refractivity contribution in [2.45, 2.75) is 36.7 Å². The van der Waals surface area contributed by atoms with Gasteiger partial charge in [-0.2, -0.15) is 5.26 Å². The molecule has 1 N–H and O–H groups in total. The van der Waals surface area contributed by atoms with E-state index < -0.39 is 9.84 Å². The Kier molecular flexibility index (Phi) is 4.23. The number of nitriles is 1.